The standard InChI is InChI=1S/C10H18ClN/c1-9-4-3-5-12(7-9)8-10(2)6-11/h9H,2-8H2,1H3. The Bertz CT molecular complexity index is 156. The molecule has 1 unspecified atom stereocenters. The van der Waals surface area contributed by atoms with Crippen LogP contribution in [-0.4, -0.2) is 30.4 Å². The molecule has 1 atom stereocenters. The molecule has 12 heavy (non-hydrogen) atoms. The first-order valence-electron chi connectivity index (χ1n) is 4.67. The van der Waals surface area contributed by atoms with Gasteiger partial charge in [-0.15, -0.1) is 11.6 Å². The quantitative estimate of drug-likeness (QED) is 0.485. The van der Waals surface area contributed by atoms with Crippen molar-refractivity contribution in [2.75, 3.05) is 25.5 Å². The average molecular weight is 188 g/mol. The fraction of sp³-hybridized carbons (Fsp3) is 0.800. The molecule has 0 aromatic rings. The molecule has 1 aliphatic rings. The maximum atomic E-state index is 5.68. The minimum absolute atomic E-state index is 0.602. The van der Waals surface area contributed by atoms with Crippen molar-refractivity contribution in [2.45, 2.75) is 19.8 Å². The first-order valence-corrected chi connectivity index (χ1v) is 5.20. The zero-order valence-electron chi connectivity index (χ0n) is 7.85. The molecule has 1 rings (SSSR count). The SMILES string of the molecule is C=C(CCl)CN1CCCC(C)C1. The van der Waals surface area contributed by atoms with Gasteiger partial charge in [-0.3, -0.25) is 4.90 Å². The Morgan fingerprint density at radius 1 is 1.67 bits per heavy atom. The van der Waals surface area contributed by atoms with Crippen LogP contribution < -0.4 is 0 Å². The molecule has 1 saturated heterocycles. The van der Waals surface area contributed by atoms with Crippen molar-refractivity contribution in [2.24, 2.45) is 5.92 Å². The first kappa shape index (κ1) is 10.1. The van der Waals surface area contributed by atoms with E-state index in [0.717, 1.165) is 18.0 Å². The molecule has 0 bridgehead atoms. The van der Waals surface area contributed by atoms with Crippen molar-refractivity contribution in [1.82, 2.24) is 4.90 Å². The van der Waals surface area contributed by atoms with E-state index in [4.69, 9.17) is 11.6 Å². The van der Waals surface area contributed by atoms with Crippen LogP contribution in [0.3, 0.4) is 0 Å². The van der Waals surface area contributed by atoms with E-state index in [1.54, 1.807) is 0 Å². The second-order valence-electron chi connectivity index (χ2n) is 3.87. The van der Waals surface area contributed by atoms with Crippen molar-refractivity contribution in [3.63, 3.8) is 0 Å². The van der Waals surface area contributed by atoms with Crippen LogP contribution in [0.5, 0.6) is 0 Å². The van der Waals surface area contributed by atoms with Crippen LogP contribution in [0.25, 0.3) is 0 Å². The zero-order chi connectivity index (χ0) is 8.97. The van der Waals surface area contributed by atoms with Gasteiger partial charge in [0.05, 0.1) is 0 Å². The van der Waals surface area contributed by atoms with Gasteiger partial charge in [0.25, 0.3) is 0 Å². The summed E-state index contributed by atoms with van der Waals surface area (Å²) in [5, 5.41) is 0. The van der Waals surface area contributed by atoms with E-state index in [9.17, 15) is 0 Å². The second kappa shape index (κ2) is 4.88. The second-order valence-corrected chi connectivity index (χ2v) is 4.13. The predicted molar refractivity (Wildman–Crippen MR) is 54.7 cm³/mol. The van der Waals surface area contributed by atoms with E-state index in [0.29, 0.717) is 5.88 Å². The smallest absolute Gasteiger partial charge is 0.0443 e. The summed E-state index contributed by atoms with van der Waals surface area (Å²) >= 11 is 5.68. The molecule has 1 aliphatic heterocycles. The fourth-order valence-electron chi connectivity index (χ4n) is 1.79. The predicted octanol–water partition coefficient (Wildman–Crippen LogP) is 2.51. The van der Waals surface area contributed by atoms with Crippen molar-refractivity contribution in [3.8, 4) is 0 Å². The highest BCUT2D eigenvalue weighted by atomic mass is 35.5. The lowest BCUT2D eigenvalue weighted by Crippen LogP contribution is -2.35. The van der Waals surface area contributed by atoms with E-state index < -0.39 is 0 Å². The van der Waals surface area contributed by atoms with Gasteiger partial charge in [-0.2, -0.15) is 0 Å². The number of rotatable bonds is 3. The Balaban J connectivity index is 2.27. The minimum atomic E-state index is 0.602. The Labute approximate surface area is 80.4 Å². The molecule has 0 amide bonds. The molecule has 0 aromatic heterocycles. The van der Waals surface area contributed by atoms with Gasteiger partial charge in [-0.05, 0) is 30.9 Å². The minimum Gasteiger partial charge on any atom is -0.299 e. The van der Waals surface area contributed by atoms with E-state index >= 15 is 0 Å². The lowest BCUT2D eigenvalue weighted by atomic mass is 10.00. The van der Waals surface area contributed by atoms with Crippen molar-refractivity contribution < 1.29 is 0 Å². The molecule has 70 valence electrons. The van der Waals surface area contributed by atoms with Gasteiger partial charge in [-0.25, -0.2) is 0 Å². The van der Waals surface area contributed by atoms with Gasteiger partial charge >= 0.3 is 0 Å². The molecule has 0 aromatic carbocycles. The molecule has 0 saturated carbocycles. The monoisotopic (exact) mass is 187 g/mol. The Kier molecular flexibility index (Phi) is 4.10. The van der Waals surface area contributed by atoms with Crippen LogP contribution in [0, 0.1) is 5.92 Å². The highest BCUT2D eigenvalue weighted by molar-refractivity contribution is 6.19. The Morgan fingerprint density at radius 3 is 3.00 bits per heavy atom. The number of likely N-dealkylation sites (tertiary alicyclic amines) is 1. The van der Waals surface area contributed by atoms with E-state index in [-0.39, 0.29) is 0 Å². The van der Waals surface area contributed by atoms with E-state index in [2.05, 4.69) is 18.4 Å². The number of hydrogen-bond donors (Lipinski definition) is 0. The summed E-state index contributed by atoms with van der Waals surface area (Å²) in [4.78, 5) is 2.46. The molecular weight excluding hydrogens is 170 g/mol. The lowest BCUT2D eigenvalue weighted by molar-refractivity contribution is 0.198. The van der Waals surface area contributed by atoms with Gasteiger partial charge in [0.1, 0.15) is 0 Å². The summed E-state index contributed by atoms with van der Waals surface area (Å²) in [5.41, 5.74) is 1.14. The highest BCUT2D eigenvalue weighted by Crippen LogP contribution is 2.16. The van der Waals surface area contributed by atoms with Gasteiger partial charge in [0, 0.05) is 19.0 Å². The largest absolute Gasteiger partial charge is 0.299 e. The van der Waals surface area contributed by atoms with Crippen LogP contribution in [0.1, 0.15) is 19.8 Å². The molecule has 1 nitrogen and oxygen atoms in total. The van der Waals surface area contributed by atoms with Crippen LogP contribution in [0.15, 0.2) is 12.2 Å². The third-order valence-electron chi connectivity index (χ3n) is 2.38. The zero-order valence-corrected chi connectivity index (χ0v) is 8.61. The van der Waals surface area contributed by atoms with E-state index in [1.165, 1.54) is 25.9 Å². The van der Waals surface area contributed by atoms with Crippen molar-refractivity contribution >= 4 is 11.6 Å². The third kappa shape index (κ3) is 3.16. The molecule has 0 radical (unpaired) electrons. The van der Waals surface area contributed by atoms with Gasteiger partial charge in [0.15, 0.2) is 0 Å². The first-order chi connectivity index (χ1) is 5.72. The number of hydrogen-bond acceptors (Lipinski definition) is 1. The van der Waals surface area contributed by atoms with Crippen molar-refractivity contribution in [1.29, 1.82) is 0 Å². The van der Waals surface area contributed by atoms with Crippen LogP contribution in [-0.2, 0) is 0 Å². The molecule has 0 aliphatic carbocycles. The fourth-order valence-corrected chi connectivity index (χ4v) is 1.87. The summed E-state index contributed by atoms with van der Waals surface area (Å²) in [5.74, 6) is 1.45. The molecule has 0 spiro atoms. The maximum Gasteiger partial charge on any atom is 0.0443 e. The van der Waals surface area contributed by atoms with E-state index in [1.807, 2.05) is 0 Å². The van der Waals surface area contributed by atoms with Gasteiger partial charge < -0.3 is 0 Å². The van der Waals surface area contributed by atoms with Crippen molar-refractivity contribution in [3.05, 3.63) is 12.2 Å². The Morgan fingerprint density at radius 2 is 2.42 bits per heavy atom. The summed E-state index contributed by atoms with van der Waals surface area (Å²) in [6, 6.07) is 0. The summed E-state index contributed by atoms with van der Waals surface area (Å²) in [6.07, 6.45) is 2.71. The van der Waals surface area contributed by atoms with Gasteiger partial charge in [0.2, 0.25) is 0 Å². The highest BCUT2D eigenvalue weighted by Gasteiger charge is 2.15. The van der Waals surface area contributed by atoms with Crippen LogP contribution >= 0.6 is 11.6 Å². The number of alkyl halides is 1. The number of halogens is 1. The average Bonchev–Trinajstić information content (AvgIpc) is 2.04. The third-order valence-corrected chi connectivity index (χ3v) is 2.76. The molecular formula is C10H18ClN. The summed E-state index contributed by atoms with van der Waals surface area (Å²) < 4.78 is 0. The summed E-state index contributed by atoms with van der Waals surface area (Å²) in [6.45, 7) is 9.67. The van der Waals surface area contributed by atoms with Crippen LogP contribution in [0.2, 0.25) is 0 Å². The molecule has 0 N–H and O–H groups in total. The molecule has 1 fully saturated rings. The van der Waals surface area contributed by atoms with Crippen LogP contribution in [0.4, 0.5) is 0 Å². The number of piperidine rings is 1. The summed E-state index contributed by atoms with van der Waals surface area (Å²) in [7, 11) is 0. The Hall–Kier alpha value is -0.0100. The lowest BCUT2D eigenvalue weighted by Gasteiger charge is -2.31. The van der Waals surface area contributed by atoms with Gasteiger partial charge in [-0.1, -0.05) is 13.5 Å². The number of nitrogens with zero attached hydrogens (tertiary/aromatic N) is 1. The topological polar surface area (TPSA) is 3.24 Å². The normalized spacial score (nSPS) is 25.7. The maximum absolute atomic E-state index is 5.68. The molecule has 2 heteroatoms. The molecule has 1 heterocycles.